The number of hydrogen-bond acceptors (Lipinski definition) is 6. The van der Waals surface area contributed by atoms with Gasteiger partial charge in [-0.2, -0.15) is 0 Å². The van der Waals surface area contributed by atoms with Gasteiger partial charge >= 0.3 is 0 Å². The molecule has 0 aromatic carbocycles. The zero-order chi connectivity index (χ0) is 17.0. The fourth-order valence-corrected chi connectivity index (χ4v) is 3.43. The average Bonchev–Trinajstić information content (AvgIpc) is 2.53. The number of methoxy groups -OCH3 is 1. The van der Waals surface area contributed by atoms with Crippen LogP contribution in [0.25, 0.3) is 0 Å². The maximum atomic E-state index is 11.4. The second-order valence-electron chi connectivity index (χ2n) is 5.38. The van der Waals surface area contributed by atoms with Gasteiger partial charge in [-0.3, -0.25) is 9.89 Å². The molecular weight excluding hydrogens is 320 g/mol. The molecule has 0 bridgehead atoms. The van der Waals surface area contributed by atoms with Gasteiger partial charge in [0.15, 0.2) is 15.8 Å². The van der Waals surface area contributed by atoms with Crippen molar-refractivity contribution in [1.29, 1.82) is 0 Å². The van der Waals surface area contributed by atoms with E-state index < -0.39 is 9.84 Å². The Labute approximate surface area is 139 Å². The number of sulfone groups is 1. The lowest BCUT2D eigenvalue weighted by Gasteiger charge is -2.26. The minimum absolute atomic E-state index is 0.267. The fourth-order valence-electron chi connectivity index (χ4n) is 2.15. The first-order valence-electron chi connectivity index (χ1n) is 8.01. The lowest BCUT2D eigenvalue weighted by atomic mass is 10.4. The summed E-state index contributed by atoms with van der Waals surface area (Å²) in [6.07, 6.45) is 0.897. The highest BCUT2D eigenvalue weighted by molar-refractivity contribution is 7.91. The summed E-state index contributed by atoms with van der Waals surface area (Å²) in [5.74, 6) is 1.29. The molecule has 0 atom stereocenters. The molecule has 0 spiro atoms. The molecule has 1 aliphatic heterocycles. The molecule has 1 aliphatic rings. The van der Waals surface area contributed by atoms with Crippen LogP contribution < -0.4 is 10.6 Å². The Hall–Kier alpha value is -0.900. The fraction of sp³-hybridized carbons (Fsp3) is 0.929. The van der Waals surface area contributed by atoms with Crippen LogP contribution in [0.1, 0.15) is 6.42 Å². The molecular formula is C14H30N4O4S. The third-order valence-electron chi connectivity index (χ3n) is 3.57. The summed E-state index contributed by atoms with van der Waals surface area (Å²) in [6.45, 7) is 5.51. The number of aliphatic imine (C=N–C) groups is 1. The zero-order valence-electron chi connectivity index (χ0n) is 14.2. The normalized spacial score (nSPS) is 18.8. The minimum atomic E-state index is -2.80. The first kappa shape index (κ1) is 20.1. The van der Waals surface area contributed by atoms with E-state index in [0.717, 1.165) is 32.0 Å². The Morgan fingerprint density at radius 1 is 1.13 bits per heavy atom. The van der Waals surface area contributed by atoms with E-state index in [2.05, 4.69) is 20.5 Å². The van der Waals surface area contributed by atoms with Crippen LogP contribution in [-0.4, -0.2) is 97.5 Å². The smallest absolute Gasteiger partial charge is 0.191 e. The molecule has 9 heteroatoms. The van der Waals surface area contributed by atoms with Crippen LogP contribution in [0, 0.1) is 0 Å². The standard InChI is InChI=1S/C14H30N4O4S/c1-15-14(16-4-3-9-22-11-10-21-2)17-5-6-18-7-12-23(19,20)13-8-18/h3-13H2,1-2H3,(H2,15,16,17). The SMILES string of the molecule is CN=C(NCCCOCCOC)NCCN1CCS(=O)(=O)CC1. The van der Waals surface area contributed by atoms with Gasteiger partial charge in [0.1, 0.15) is 0 Å². The number of rotatable bonds is 10. The molecule has 2 N–H and O–H groups in total. The van der Waals surface area contributed by atoms with E-state index in [4.69, 9.17) is 9.47 Å². The van der Waals surface area contributed by atoms with Crippen LogP contribution in [-0.2, 0) is 19.3 Å². The van der Waals surface area contributed by atoms with Crippen molar-refractivity contribution in [2.75, 3.05) is 78.2 Å². The van der Waals surface area contributed by atoms with Gasteiger partial charge in [-0.15, -0.1) is 0 Å². The van der Waals surface area contributed by atoms with Crippen LogP contribution in [0.15, 0.2) is 4.99 Å². The van der Waals surface area contributed by atoms with E-state index in [1.165, 1.54) is 0 Å². The van der Waals surface area contributed by atoms with Crippen molar-refractivity contribution < 1.29 is 17.9 Å². The summed E-state index contributed by atoms with van der Waals surface area (Å²) in [7, 11) is 0.587. The van der Waals surface area contributed by atoms with Gasteiger partial charge in [-0.05, 0) is 6.42 Å². The predicted molar refractivity (Wildman–Crippen MR) is 91.8 cm³/mol. The van der Waals surface area contributed by atoms with Crippen molar-refractivity contribution in [2.24, 2.45) is 4.99 Å². The number of guanidine groups is 1. The highest BCUT2D eigenvalue weighted by Gasteiger charge is 2.20. The summed E-state index contributed by atoms with van der Waals surface area (Å²) in [4.78, 5) is 6.32. The quantitative estimate of drug-likeness (QED) is 0.295. The monoisotopic (exact) mass is 350 g/mol. The predicted octanol–water partition coefficient (Wildman–Crippen LogP) is -1.07. The van der Waals surface area contributed by atoms with Crippen molar-refractivity contribution in [3.05, 3.63) is 0 Å². The van der Waals surface area contributed by atoms with Gasteiger partial charge in [-0.1, -0.05) is 0 Å². The van der Waals surface area contributed by atoms with Gasteiger partial charge in [0, 0.05) is 53.5 Å². The summed E-state index contributed by atoms with van der Waals surface area (Å²) < 4.78 is 33.0. The van der Waals surface area contributed by atoms with Crippen LogP contribution >= 0.6 is 0 Å². The van der Waals surface area contributed by atoms with Gasteiger partial charge in [0.2, 0.25) is 0 Å². The van der Waals surface area contributed by atoms with Gasteiger partial charge in [0.05, 0.1) is 24.7 Å². The molecule has 1 rings (SSSR count). The van der Waals surface area contributed by atoms with Gasteiger partial charge in [-0.25, -0.2) is 8.42 Å². The molecule has 1 fully saturated rings. The van der Waals surface area contributed by atoms with Gasteiger partial charge in [0.25, 0.3) is 0 Å². The summed E-state index contributed by atoms with van der Waals surface area (Å²) in [5, 5.41) is 6.46. The highest BCUT2D eigenvalue weighted by Crippen LogP contribution is 2.02. The van der Waals surface area contributed by atoms with E-state index >= 15 is 0 Å². The Kier molecular flexibility index (Phi) is 10.2. The van der Waals surface area contributed by atoms with Crippen molar-refractivity contribution in [2.45, 2.75) is 6.42 Å². The third kappa shape index (κ3) is 9.75. The number of ether oxygens (including phenoxy) is 2. The maximum absolute atomic E-state index is 11.4. The third-order valence-corrected chi connectivity index (χ3v) is 5.18. The van der Waals surface area contributed by atoms with E-state index in [1.807, 2.05) is 0 Å². The van der Waals surface area contributed by atoms with Gasteiger partial charge < -0.3 is 20.1 Å². The summed E-state index contributed by atoms with van der Waals surface area (Å²) in [6, 6.07) is 0. The van der Waals surface area contributed by atoms with Crippen LogP contribution in [0.2, 0.25) is 0 Å². The number of nitrogens with one attached hydrogen (secondary N) is 2. The topological polar surface area (TPSA) is 92.3 Å². The second kappa shape index (κ2) is 11.6. The molecule has 8 nitrogen and oxygen atoms in total. The first-order chi connectivity index (χ1) is 11.1. The van der Waals surface area contributed by atoms with Crippen molar-refractivity contribution >= 4 is 15.8 Å². The lowest BCUT2D eigenvalue weighted by molar-refractivity contribution is 0.0698. The van der Waals surface area contributed by atoms with Crippen LogP contribution in [0.5, 0.6) is 0 Å². The number of nitrogens with zero attached hydrogens (tertiary/aromatic N) is 2. The molecule has 0 radical (unpaired) electrons. The molecule has 0 aromatic rings. The largest absolute Gasteiger partial charge is 0.382 e. The Morgan fingerprint density at radius 3 is 2.48 bits per heavy atom. The lowest BCUT2D eigenvalue weighted by Crippen LogP contribution is -2.46. The molecule has 1 saturated heterocycles. The Bertz CT molecular complexity index is 428. The number of hydrogen-bond donors (Lipinski definition) is 2. The maximum Gasteiger partial charge on any atom is 0.191 e. The second-order valence-corrected chi connectivity index (χ2v) is 7.68. The molecule has 1 heterocycles. The van der Waals surface area contributed by atoms with E-state index in [9.17, 15) is 8.42 Å². The molecule has 23 heavy (non-hydrogen) atoms. The molecule has 136 valence electrons. The Morgan fingerprint density at radius 2 is 1.83 bits per heavy atom. The summed E-state index contributed by atoms with van der Waals surface area (Å²) in [5.41, 5.74) is 0. The van der Waals surface area contributed by atoms with Crippen LogP contribution in [0.3, 0.4) is 0 Å². The van der Waals surface area contributed by atoms with Crippen LogP contribution in [0.4, 0.5) is 0 Å². The zero-order valence-corrected chi connectivity index (χ0v) is 15.0. The Balaban J connectivity index is 2.04. The minimum Gasteiger partial charge on any atom is -0.382 e. The van der Waals surface area contributed by atoms with Crippen molar-refractivity contribution in [3.8, 4) is 0 Å². The molecule has 0 saturated carbocycles. The molecule has 0 aliphatic carbocycles. The average molecular weight is 350 g/mol. The molecule has 0 unspecified atom stereocenters. The first-order valence-corrected chi connectivity index (χ1v) is 9.83. The van der Waals surface area contributed by atoms with E-state index in [-0.39, 0.29) is 11.5 Å². The van der Waals surface area contributed by atoms with E-state index in [1.54, 1.807) is 14.2 Å². The highest BCUT2D eigenvalue weighted by atomic mass is 32.2. The molecule has 0 amide bonds. The van der Waals surface area contributed by atoms with E-state index in [0.29, 0.717) is 32.9 Å². The van der Waals surface area contributed by atoms with Crippen molar-refractivity contribution in [1.82, 2.24) is 15.5 Å². The van der Waals surface area contributed by atoms with Crippen molar-refractivity contribution in [3.63, 3.8) is 0 Å². The summed E-state index contributed by atoms with van der Waals surface area (Å²) >= 11 is 0. The molecule has 0 aromatic heterocycles.